The highest BCUT2D eigenvalue weighted by molar-refractivity contribution is 5.85. The molecule has 0 bridgehead atoms. The Morgan fingerprint density at radius 1 is 1.40 bits per heavy atom. The van der Waals surface area contributed by atoms with Crippen molar-refractivity contribution in [3.05, 3.63) is 0 Å². The van der Waals surface area contributed by atoms with Crippen LogP contribution in [0.4, 0.5) is 4.79 Å². The van der Waals surface area contributed by atoms with E-state index in [9.17, 15) is 14.4 Å². The summed E-state index contributed by atoms with van der Waals surface area (Å²) in [4.78, 5) is 37.8. The van der Waals surface area contributed by atoms with E-state index in [0.717, 1.165) is 12.8 Å². The van der Waals surface area contributed by atoms with Crippen molar-refractivity contribution in [3.8, 4) is 0 Å². The van der Waals surface area contributed by atoms with Gasteiger partial charge >= 0.3 is 12.0 Å². The molecule has 2 fully saturated rings. The van der Waals surface area contributed by atoms with Crippen LogP contribution in [0.3, 0.4) is 0 Å². The molecular formula is C13H21N3O4. The smallest absolute Gasteiger partial charge is 0.320 e. The Morgan fingerprint density at radius 2 is 2.05 bits per heavy atom. The number of urea groups is 1. The monoisotopic (exact) mass is 283 g/mol. The van der Waals surface area contributed by atoms with Crippen LogP contribution in [0.5, 0.6) is 0 Å². The van der Waals surface area contributed by atoms with Crippen LogP contribution >= 0.6 is 0 Å². The lowest BCUT2D eigenvalue weighted by Crippen LogP contribution is -2.46. The van der Waals surface area contributed by atoms with Gasteiger partial charge in [-0.25, -0.2) is 4.79 Å². The van der Waals surface area contributed by atoms with Gasteiger partial charge in [0.2, 0.25) is 5.91 Å². The fourth-order valence-electron chi connectivity index (χ4n) is 2.32. The molecule has 20 heavy (non-hydrogen) atoms. The Balaban J connectivity index is 1.84. The Hall–Kier alpha value is -1.79. The van der Waals surface area contributed by atoms with Crippen molar-refractivity contribution in [1.29, 1.82) is 0 Å². The van der Waals surface area contributed by atoms with E-state index in [-0.39, 0.29) is 31.1 Å². The summed E-state index contributed by atoms with van der Waals surface area (Å²) in [6.45, 7) is 2.25. The molecule has 1 saturated heterocycles. The Morgan fingerprint density at radius 3 is 2.55 bits per heavy atom. The summed E-state index contributed by atoms with van der Waals surface area (Å²) in [5.41, 5.74) is -0.882. The molecule has 2 aliphatic rings. The minimum atomic E-state index is -0.887. The molecule has 1 aliphatic heterocycles. The molecular weight excluding hydrogens is 262 g/mol. The third kappa shape index (κ3) is 3.20. The van der Waals surface area contributed by atoms with Gasteiger partial charge in [-0.2, -0.15) is 0 Å². The SMILES string of the molecule is CN(CC(=O)NC1CC1)C(=O)N1CCC(C)(C(=O)O)C1. The van der Waals surface area contributed by atoms with Gasteiger partial charge in [0.25, 0.3) is 0 Å². The predicted octanol–water partition coefficient (Wildman–Crippen LogP) is 0.113. The molecule has 7 nitrogen and oxygen atoms in total. The van der Waals surface area contributed by atoms with Crippen molar-refractivity contribution >= 4 is 17.9 Å². The number of likely N-dealkylation sites (N-methyl/N-ethyl adjacent to an activating group) is 1. The molecule has 3 amide bonds. The van der Waals surface area contributed by atoms with E-state index in [1.54, 1.807) is 14.0 Å². The fraction of sp³-hybridized carbons (Fsp3) is 0.769. The van der Waals surface area contributed by atoms with Crippen LogP contribution in [0.2, 0.25) is 0 Å². The van der Waals surface area contributed by atoms with E-state index in [2.05, 4.69) is 5.32 Å². The second kappa shape index (κ2) is 5.30. The lowest BCUT2D eigenvalue weighted by atomic mass is 9.90. The van der Waals surface area contributed by atoms with Crippen molar-refractivity contribution in [2.24, 2.45) is 5.41 Å². The molecule has 0 aromatic heterocycles. The van der Waals surface area contributed by atoms with Gasteiger partial charge in [0, 0.05) is 26.2 Å². The second-order valence-corrected chi connectivity index (χ2v) is 6.02. The number of aliphatic carboxylic acids is 1. The fourth-order valence-corrected chi connectivity index (χ4v) is 2.32. The third-order valence-corrected chi connectivity index (χ3v) is 3.91. The van der Waals surface area contributed by atoms with E-state index in [1.807, 2.05) is 0 Å². The standard InChI is InChI=1S/C13H21N3O4/c1-13(11(18)19)5-6-16(8-13)12(20)15(2)7-10(17)14-9-3-4-9/h9H,3-8H2,1-2H3,(H,14,17)(H,18,19). The molecule has 1 heterocycles. The van der Waals surface area contributed by atoms with Gasteiger partial charge in [0.05, 0.1) is 5.41 Å². The van der Waals surface area contributed by atoms with Gasteiger partial charge in [-0.1, -0.05) is 0 Å². The highest BCUT2D eigenvalue weighted by Crippen LogP contribution is 2.30. The van der Waals surface area contributed by atoms with Crippen molar-refractivity contribution in [1.82, 2.24) is 15.1 Å². The first-order valence-corrected chi connectivity index (χ1v) is 6.84. The summed E-state index contributed by atoms with van der Waals surface area (Å²) in [6.07, 6.45) is 2.45. The molecule has 0 spiro atoms. The van der Waals surface area contributed by atoms with Crippen LogP contribution in [-0.2, 0) is 9.59 Å². The second-order valence-electron chi connectivity index (χ2n) is 6.02. The van der Waals surface area contributed by atoms with Crippen LogP contribution in [0.1, 0.15) is 26.2 Å². The number of carboxylic acids is 1. The summed E-state index contributed by atoms with van der Waals surface area (Å²) in [5, 5.41) is 12.0. The zero-order chi connectivity index (χ0) is 14.9. The summed E-state index contributed by atoms with van der Waals surface area (Å²) < 4.78 is 0. The number of carbonyl (C=O) groups is 3. The predicted molar refractivity (Wildman–Crippen MR) is 71.1 cm³/mol. The number of hydrogen-bond acceptors (Lipinski definition) is 3. The number of amides is 3. The van der Waals surface area contributed by atoms with Gasteiger partial charge in [-0.05, 0) is 26.2 Å². The van der Waals surface area contributed by atoms with Crippen LogP contribution in [-0.4, -0.2) is 65.5 Å². The first kappa shape index (κ1) is 14.6. The highest BCUT2D eigenvalue weighted by Gasteiger charge is 2.42. The molecule has 1 atom stereocenters. The largest absolute Gasteiger partial charge is 0.481 e. The zero-order valence-electron chi connectivity index (χ0n) is 11.9. The molecule has 112 valence electrons. The van der Waals surface area contributed by atoms with Crippen molar-refractivity contribution in [3.63, 3.8) is 0 Å². The van der Waals surface area contributed by atoms with Crippen LogP contribution in [0.15, 0.2) is 0 Å². The summed E-state index contributed by atoms with van der Waals surface area (Å²) >= 11 is 0. The molecule has 2 rings (SSSR count). The van der Waals surface area contributed by atoms with E-state index >= 15 is 0 Å². The van der Waals surface area contributed by atoms with Crippen LogP contribution in [0, 0.1) is 5.41 Å². The topological polar surface area (TPSA) is 90.0 Å². The van der Waals surface area contributed by atoms with Crippen molar-refractivity contribution < 1.29 is 19.5 Å². The number of hydrogen-bond donors (Lipinski definition) is 2. The minimum Gasteiger partial charge on any atom is -0.481 e. The first-order valence-electron chi connectivity index (χ1n) is 6.84. The number of likely N-dealkylation sites (tertiary alicyclic amines) is 1. The first-order chi connectivity index (χ1) is 9.32. The highest BCUT2D eigenvalue weighted by atomic mass is 16.4. The lowest BCUT2D eigenvalue weighted by Gasteiger charge is -2.25. The average molecular weight is 283 g/mol. The number of nitrogens with zero attached hydrogens (tertiary/aromatic N) is 2. The maximum Gasteiger partial charge on any atom is 0.320 e. The van der Waals surface area contributed by atoms with Crippen molar-refractivity contribution in [2.75, 3.05) is 26.7 Å². The third-order valence-electron chi connectivity index (χ3n) is 3.91. The van der Waals surface area contributed by atoms with E-state index in [4.69, 9.17) is 5.11 Å². The van der Waals surface area contributed by atoms with Gasteiger partial charge in [0.1, 0.15) is 6.54 Å². The van der Waals surface area contributed by atoms with Gasteiger partial charge < -0.3 is 20.2 Å². The van der Waals surface area contributed by atoms with E-state index in [1.165, 1.54) is 9.80 Å². The lowest BCUT2D eigenvalue weighted by molar-refractivity contribution is -0.147. The van der Waals surface area contributed by atoms with E-state index < -0.39 is 11.4 Å². The number of nitrogens with one attached hydrogen (secondary N) is 1. The zero-order valence-corrected chi connectivity index (χ0v) is 11.9. The molecule has 0 radical (unpaired) electrons. The molecule has 0 aromatic carbocycles. The molecule has 2 N–H and O–H groups in total. The van der Waals surface area contributed by atoms with Crippen LogP contribution in [0.25, 0.3) is 0 Å². The van der Waals surface area contributed by atoms with Gasteiger partial charge in [0.15, 0.2) is 0 Å². The van der Waals surface area contributed by atoms with E-state index in [0.29, 0.717) is 13.0 Å². The van der Waals surface area contributed by atoms with Crippen LogP contribution < -0.4 is 5.32 Å². The Labute approximate surface area is 117 Å². The average Bonchev–Trinajstić information content (AvgIpc) is 3.08. The van der Waals surface area contributed by atoms with Crippen molar-refractivity contribution in [2.45, 2.75) is 32.2 Å². The van der Waals surface area contributed by atoms with Gasteiger partial charge in [-0.3, -0.25) is 9.59 Å². The Kier molecular flexibility index (Phi) is 3.87. The maximum absolute atomic E-state index is 12.2. The normalized spacial score (nSPS) is 25.4. The number of carbonyl (C=O) groups excluding carboxylic acids is 2. The number of rotatable bonds is 4. The molecule has 0 aromatic rings. The molecule has 1 saturated carbocycles. The molecule has 7 heteroatoms. The maximum atomic E-state index is 12.2. The number of carboxylic acid groups (broad SMARTS) is 1. The minimum absolute atomic E-state index is 0.00954. The molecule has 1 aliphatic carbocycles. The summed E-state index contributed by atoms with van der Waals surface area (Å²) in [5.74, 6) is -1.05. The summed E-state index contributed by atoms with van der Waals surface area (Å²) in [7, 11) is 1.56. The molecule has 1 unspecified atom stereocenters. The Bertz CT molecular complexity index is 435. The van der Waals surface area contributed by atoms with Gasteiger partial charge in [-0.15, -0.1) is 0 Å². The quantitative estimate of drug-likeness (QED) is 0.766. The summed E-state index contributed by atoms with van der Waals surface area (Å²) in [6, 6.07) is -0.0194.